The second-order valence-electron chi connectivity index (χ2n) is 5.50. The highest BCUT2D eigenvalue weighted by atomic mass is 32.2. The maximum atomic E-state index is 12.8. The number of rotatable bonds is 2. The average Bonchev–Trinajstić information content (AvgIpc) is 2.83. The van der Waals surface area contributed by atoms with Gasteiger partial charge in [0.15, 0.2) is 9.84 Å². The molecule has 1 aliphatic heterocycles. The van der Waals surface area contributed by atoms with Crippen LogP contribution in [0.4, 0.5) is 5.69 Å². The molecule has 8 heteroatoms. The van der Waals surface area contributed by atoms with E-state index in [1.165, 1.54) is 21.7 Å². The Labute approximate surface area is 134 Å². The Bertz CT molecular complexity index is 886. The number of aryl methyl sites for hydroxylation is 2. The molecule has 122 valence electrons. The molecule has 7 nitrogen and oxygen atoms in total. The molecule has 2 heterocycles. The number of carbonyl (C=O) groups excluding carboxylic acids is 1. The summed E-state index contributed by atoms with van der Waals surface area (Å²) in [6, 6.07) is 6.25. The maximum absolute atomic E-state index is 12.8. The van der Waals surface area contributed by atoms with Gasteiger partial charge in [-0.2, -0.15) is 5.10 Å². The van der Waals surface area contributed by atoms with Crippen molar-refractivity contribution >= 4 is 21.4 Å². The molecule has 0 N–H and O–H groups in total. The first-order valence-corrected chi connectivity index (χ1v) is 8.96. The Morgan fingerprint density at radius 2 is 2.04 bits per heavy atom. The highest BCUT2D eigenvalue weighted by molar-refractivity contribution is 7.90. The minimum Gasteiger partial charge on any atom is -0.490 e. The first-order chi connectivity index (χ1) is 10.8. The molecule has 0 fully saturated rings. The van der Waals surface area contributed by atoms with Gasteiger partial charge in [0.05, 0.1) is 22.8 Å². The quantitative estimate of drug-likeness (QED) is 0.823. The molecular formula is C15H17N3O4S. The Morgan fingerprint density at radius 1 is 1.30 bits per heavy atom. The molecule has 1 aromatic carbocycles. The van der Waals surface area contributed by atoms with Crippen LogP contribution in [0.3, 0.4) is 0 Å². The van der Waals surface area contributed by atoms with Crippen molar-refractivity contribution < 1.29 is 17.9 Å². The fourth-order valence-electron chi connectivity index (χ4n) is 2.59. The van der Waals surface area contributed by atoms with Gasteiger partial charge in [0, 0.05) is 13.3 Å². The topological polar surface area (TPSA) is 81.5 Å². The fraction of sp³-hybridized carbons (Fsp3) is 0.333. The van der Waals surface area contributed by atoms with Crippen LogP contribution < -0.4 is 9.64 Å². The lowest BCUT2D eigenvalue weighted by Gasteiger charge is -2.29. The largest absolute Gasteiger partial charge is 0.490 e. The zero-order valence-electron chi connectivity index (χ0n) is 13.1. The molecule has 1 aliphatic rings. The van der Waals surface area contributed by atoms with E-state index in [0.717, 1.165) is 11.9 Å². The van der Waals surface area contributed by atoms with Gasteiger partial charge in [0.1, 0.15) is 18.1 Å². The third-order valence-electron chi connectivity index (χ3n) is 3.69. The van der Waals surface area contributed by atoms with Crippen molar-refractivity contribution in [2.45, 2.75) is 11.8 Å². The summed E-state index contributed by atoms with van der Waals surface area (Å²) < 4.78 is 30.6. The van der Waals surface area contributed by atoms with Crippen molar-refractivity contribution in [1.82, 2.24) is 9.78 Å². The van der Waals surface area contributed by atoms with Crippen molar-refractivity contribution in [3.8, 4) is 5.75 Å². The smallest absolute Gasteiger partial charge is 0.276 e. The van der Waals surface area contributed by atoms with E-state index in [1.54, 1.807) is 19.2 Å². The van der Waals surface area contributed by atoms with Crippen LogP contribution in [0, 0.1) is 6.92 Å². The molecule has 23 heavy (non-hydrogen) atoms. The van der Waals surface area contributed by atoms with Gasteiger partial charge in [-0.25, -0.2) is 8.42 Å². The summed E-state index contributed by atoms with van der Waals surface area (Å²) in [7, 11) is -1.66. The van der Waals surface area contributed by atoms with Crippen molar-refractivity contribution in [3.63, 3.8) is 0 Å². The number of ether oxygens (including phenoxy) is 1. The third-order valence-corrected chi connectivity index (χ3v) is 4.80. The Hall–Kier alpha value is -2.35. The number of aromatic nitrogens is 2. The Balaban J connectivity index is 2.07. The predicted octanol–water partition coefficient (Wildman–Crippen LogP) is 1.17. The van der Waals surface area contributed by atoms with Gasteiger partial charge in [-0.1, -0.05) is 0 Å². The lowest BCUT2D eigenvalue weighted by Crippen LogP contribution is -2.39. The van der Waals surface area contributed by atoms with Gasteiger partial charge in [0.25, 0.3) is 5.91 Å². The second-order valence-corrected chi connectivity index (χ2v) is 7.52. The molecule has 0 unspecified atom stereocenters. The van der Waals surface area contributed by atoms with Gasteiger partial charge >= 0.3 is 0 Å². The normalized spacial score (nSPS) is 14.3. The van der Waals surface area contributed by atoms with Gasteiger partial charge in [0.2, 0.25) is 0 Å². The maximum Gasteiger partial charge on any atom is 0.276 e. The lowest BCUT2D eigenvalue weighted by atomic mass is 10.2. The highest BCUT2D eigenvalue weighted by Gasteiger charge is 2.28. The third kappa shape index (κ3) is 2.81. The molecule has 2 aromatic rings. The lowest BCUT2D eigenvalue weighted by molar-refractivity contribution is 0.0967. The van der Waals surface area contributed by atoms with Crippen molar-refractivity contribution in [3.05, 3.63) is 35.7 Å². The number of amides is 1. The summed E-state index contributed by atoms with van der Waals surface area (Å²) in [5, 5.41) is 4.18. The molecule has 0 saturated heterocycles. The average molecular weight is 335 g/mol. The van der Waals surface area contributed by atoms with Gasteiger partial charge in [-0.3, -0.25) is 9.48 Å². The van der Waals surface area contributed by atoms with E-state index in [4.69, 9.17) is 4.74 Å². The number of carbonyl (C=O) groups is 1. The molecule has 3 rings (SSSR count). The van der Waals surface area contributed by atoms with Crippen LogP contribution in [-0.4, -0.2) is 43.5 Å². The summed E-state index contributed by atoms with van der Waals surface area (Å²) in [6.07, 6.45) is 1.13. The van der Waals surface area contributed by atoms with Crippen molar-refractivity contribution in [2.24, 2.45) is 7.05 Å². The van der Waals surface area contributed by atoms with Crippen LogP contribution in [0.5, 0.6) is 5.75 Å². The predicted molar refractivity (Wildman–Crippen MR) is 84.7 cm³/mol. The monoisotopic (exact) mass is 335 g/mol. The molecule has 0 saturated carbocycles. The van der Waals surface area contributed by atoms with Crippen LogP contribution in [0.1, 0.15) is 16.2 Å². The van der Waals surface area contributed by atoms with E-state index in [1.807, 2.05) is 6.92 Å². The van der Waals surface area contributed by atoms with Gasteiger partial charge < -0.3 is 9.64 Å². The number of nitrogens with zero attached hydrogens (tertiary/aromatic N) is 3. The number of hydrogen-bond acceptors (Lipinski definition) is 5. The molecular weight excluding hydrogens is 318 g/mol. The second kappa shape index (κ2) is 5.38. The van der Waals surface area contributed by atoms with E-state index in [0.29, 0.717) is 30.3 Å². The summed E-state index contributed by atoms with van der Waals surface area (Å²) in [5.41, 5.74) is 1.65. The van der Waals surface area contributed by atoms with E-state index < -0.39 is 9.84 Å². The first kappa shape index (κ1) is 15.5. The zero-order valence-corrected chi connectivity index (χ0v) is 13.9. The van der Waals surface area contributed by atoms with E-state index in [9.17, 15) is 13.2 Å². The number of anilines is 1. The Kier molecular flexibility index (Phi) is 3.63. The van der Waals surface area contributed by atoms with Gasteiger partial charge in [-0.05, 0) is 31.2 Å². The molecule has 1 amide bonds. The molecule has 0 spiro atoms. The van der Waals surface area contributed by atoms with Gasteiger partial charge in [-0.15, -0.1) is 0 Å². The summed E-state index contributed by atoms with van der Waals surface area (Å²) >= 11 is 0. The minimum atomic E-state index is -3.37. The van der Waals surface area contributed by atoms with Crippen LogP contribution >= 0.6 is 0 Å². The number of sulfone groups is 1. The highest BCUT2D eigenvalue weighted by Crippen LogP contribution is 2.34. The molecule has 1 aromatic heterocycles. The van der Waals surface area contributed by atoms with Crippen molar-refractivity contribution in [2.75, 3.05) is 24.3 Å². The van der Waals surface area contributed by atoms with Crippen LogP contribution in [0.2, 0.25) is 0 Å². The zero-order chi connectivity index (χ0) is 16.8. The molecule has 0 radical (unpaired) electrons. The standard InChI is InChI=1S/C15H17N3O4S/c1-10-8-13(17(2)16-10)15(19)18-6-7-22-14-5-4-11(9-12(14)18)23(3,20)21/h4-5,8-9H,6-7H2,1-3H3. The number of benzene rings is 1. The minimum absolute atomic E-state index is 0.153. The fourth-order valence-corrected chi connectivity index (χ4v) is 3.23. The van der Waals surface area contributed by atoms with E-state index >= 15 is 0 Å². The molecule has 0 bridgehead atoms. The SMILES string of the molecule is Cc1cc(C(=O)N2CCOc3ccc(S(C)(=O)=O)cc32)n(C)n1. The summed E-state index contributed by atoms with van der Waals surface area (Å²) in [4.78, 5) is 14.5. The van der Waals surface area contributed by atoms with E-state index in [2.05, 4.69) is 5.10 Å². The summed E-state index contributed by atoms with van der Waals surface area (Å²) in [5.74, 6) is 0.263. The molecule has 0 aliphatic carbocycles. The Morgan fingerprint density at radius 3 is 2.65 bits per heavy atom. The summed E-state index contributed by atoms with van der Waals surface area (Å²) in [6.45, 7) is 2.52. The number of hydrogen-bond donors (Lipinski definition) is 0. The number of fused-ring (bicyclic) bond motifs is 1. The van der Waals surface area contributed by atoms with Crippen molar-refractivity contribution in [1.29, 1.82) is 0 Å². The first-order valence-electron chi connectivity index (χ1n) is 7.07. The van der Waals surface area contributed by atoms with E-state index in [-0.39, 0.29) is 10.8 Å². The van der Waals surface area contributed by atoms with Crippen LogP contribution in [0.15, 0.2) is 29.2 Å². The molecule has 0 atom stereocenters. The van der Waals surface area contributed by atoms with Crippen LogP contribution in [-0.2, 0) is 16.9 Å². The van der Waals surface area contributed by atoms with Crippen LogP contribution in [0.25, 0.3) is 0 Å².